The number of nitrogens with one attached hydrogen (secondary N) is 1. The number of ether oxygens (including phenoxy) is 2. The third-order valence-electron chi connectivity index (χ3n) is 4.39. The van der Waals surface area contributed by atoms with Gasteiger partial charge in [-0.05, 0) is 35.0 Å². The molecule has 0 aliphatic carbocycles. The van der Waals surface area contributed by atoms with E-state index >= 15 is 0 Å². The molecule has 2 aromatic rings. The van der Waals surface area contributed by atoms with Crippen molar-refractivity contribution in [1.29, 1.82) is 0 Å². The normalized spacial score (nSPS) is 18.4. The maximum absolute atomic E-state index is 6.00. The Hall–Kier alpha value is -1.33. The van der Waals surface area contributed by atoms with Crippen LogP contribution in [0.3, 0.4) is 0 Å². The van der Waals surface area contributed by atoms with Crippen molar-refractivity contribution in [3.8, 4) is 5.75 Å². The van der Waals surface area contributed by atoms with Crippen LogP contribution in [-0.4, -0.2) is 60.0 Å². The molecule has 2 atom stereocenters. The number of halogens is 2. The first kappa shape index (κ1) is 23.0. The van der Waals surface area contributed by atoms with Crippen LogP contribution in [0.4, 0.5) is 0 Å². The summed E-state index contributed by atoms with van der Waals surface area (Å²) < 4.78 is 14.7. The van der Waals surface area contributed by atoms with Crippen LogP contribution in [0.2, 0.25) is 0 Å². The standard InChI is InChI=1S/C19H26BrN5O2.HI/c1-14(27-17-7-5-4-6-16(17)20)10-22-19(21-2)25-8-9-26-18(13-25)15-11-23-24(3)12-15;/h4-7,11-12,14,18H,8-10,13H2,1-3H3,(H,21,22);1H. The summed E-state index contributed by atoms with van der Waals surface area (Å²) in [4.78, 5) is 6.65. The van der Waals surface area contributed by atoms with E-state index < -0.39 is 0 Å². The maximum atomic E-state index is 6.00. The minimum absolute atomic E-state index is 0. The van der Waals surface area contributed by atoms with Crippen molar-refractivity contribution in [3.05, 3.63) is 46.7 Å². The lowest BCUT2D eigenvalue weighted by molar-refractivity contribution is -0.00814. The summed E-state index contributed by atoms with van der Waals surface area (Å²) in [6, 6.07) is 7.86. The molecular weight excluding hydrogens is 537 g/mol. The van der Waals surface area contributed by atoms with Gasteiger partial charge in [-0.3, -0.25) is 9.67 Å². The Kier molecular flexibility index (Phi) is 9.03. The molecule has 0 radical (unpaired) electrons. The quantitative estimate of drug-likeness (QED) is 0.344. The van der Waals surface area contributed by atoms with Gasteiger partial charge in [-0.15, -0.1) is 24.0 Å². The van der Waals surface area contributed by atoms with E-state index in [4.69, 9.17) is 9.47 Å². The zero-order valence-electron chi connectivity index (χ0n) is 16.3. The average Bonchev–Trinajstić information content (AvgIpc) is 3.11. The van der Waals surface area contributed by atoms with Crippen molar-refractivity contribution in [2.24, 2.45) is 12.0 Å². The van der Waals surface area contributed by atoms with E-state index in [2.05, 4.69) is 36.2 Å². The van der Waals surface area contributed by atoms with E-state index in [1.807, 2.05) is 50.6 Å². The minimum Gasteiger partial charge on any atom is -0.488 e. The van der Waals surface area contributed by atoms with Gasteiger partial charge in [-0.2, -0.15) is 5.10 Å². The molecular formula is C19H27BrIN5O2. The molecule has 1 aliphatic heterocycles. The van der Waals surface area contributed by atoms with Gasteiger partial charge >= 0.3 is 0 Å². The van der Waals surface area contributed by atoms with E-state index in [9.17, 15) is 0 Å². The zero-order valence-corrected chi connectivity index (χ0v) is 20.3. The van der Waals surface area contributed by atoms with E-state index in [-0.39, 0.29) is 36.2 Å². The SMILES string of the molecule is CN=C(NCC(C)Oc1ccccc1Br)N1CCOC(c2cnn(C)c2)C1.I. The molecule has 0 saturated carbocycles. The molecule has 1 aromatic heterocycles. The van der Waals surface area contributed by atoms with Crippen LogP contribution in [0, 0.1) is 0 Å². The van der Waals surface area contributed by atoms with Crippen LogP contribution >= 0.6 is 39.9 Å². The number of benzene rings is 1. The minimum atomic E-state index is -0.00406. The van der Waals surface area contributed by atoms with Crippen molar-refractivity contribution in [3.63, 3.8) is 0 Å². The predicted molar refractivity (Wildman–Crippen MR) is 124 cm³/mol. The molecule has 1 aliphatic rings. The van der Waals surface area contributed by atoms with Crippen molar-refractivity contribution in [2.45, 2.75) is 19.1 Å². The second kappa shape index (κ2) is 11.0. The molecule has 3 rings (SSSR count). The second-order valence-electron chi connectivity index (χ2n) is 6.54. The van der Waals surface area contributed by atoms with Gasteiger partial charge in [0.05, 0.1) is 30.4 Å². The molecule has 1 fully saturated rings. The Balaban J connectivity index is 0.00000280. The van der Waals surface area contributed by atoms with Gasteiger partial charge in [0.1, 0.15) is 18.0 Å². The number of rotatable bonds is 5. The molecule has 154 valence electrons. The average molecular weight is 564 g/mol. The maximum Gasteiger partial charge on any atom is 0.193 e. The fraction of sp³-hybridized carbons (Fsp3) is 0.474. The number of hydrogen-bond acceptors (Lipinski definition) is 4. The Morgan fingerprint density at radius 2 is 2.25 bits per heavy atom. The third kappa shape index (κ3) is 6.08. The van der Waals surface area contributed by atoms with Gasteiger partial charge in [0.2, 0.25) is 0 Å². The Morgan fingerprint density at radius 1 is 1.46 bits per heavy atom. The molecule has 1 aromatic carbocycles. The van der Waals surface area contributed by atoms with Gasteiger partial charge < -0.3 is 19.7 Å². The van der Waals surface area contributed by atoms with E-state index in [0.29, 0.717) is 13.2 Å². The van der Waals surface area contributed by atoms with E-state index in [1.165, 1.54) is 0 Å². The number of hydrogen-bond donors (Lipinski definition) is 1. The molecule has 0 amide bonds. The first-order valence-corrected chi connectivity index (χ1v) is 9.83. The van der Waals surface area contributed by atoms with Crippen LogP contribution in [-0.2, 0) is 11.8 Å². The lowest BCUT2D eigenvalue weighted by Gasteiger charge is -2.35. The van der Waals surface area contributed by atoms with Gasteiger partial charge in [-0.1, -0.05) is 12.1 Å². The van der Waals surface area contributed by atoms with Gasteiger partial charge in [0.15, 0.2) is 5.96 Å². The first-order valence-electron chi connectivity index (χ1n) is 9.03. The van der Waals surface area contributed by atoms with Crippen LogP contribution in [0.15, 0.2) is 46.1 Å². The first-order chi connectivity index (χ1) is 13.1. The van der Waals surface area contributed by atoms with E-state index in [0.717, 1.165) is 34.8 Å². The van der Waals surface area contributed by atoms with Crippen molar-refractivity contribution >= 4 is 45.9 Å². The smallest absolute Gasteiger partial charge is 0.193 e. The highest BCUT2D eigenvalue weighted by atomic mass is 127. The summed E-state index contributed by atoms with van der Waals surface area (Å²) in [5, 5.41) is 7.66. The predicted octanol–water partition coefficient (Wildman–Crippen LogP) is 3.22. The molecule has 1 N–H and O–H groups in total. The number of aliphatic imine (C=N–C) groups is 1. The number of aryl methyl sites for hydroxylation is 1. The third-order valence-corrected chi connectivity index (χ3v) is 5.04. The summed E-state index contributed by atoms with van der Waals surface area (Å²) in [6.45, 7) is 4.89. The molecule has 0 bridgehead atoms. The summed E-state index contributed by atoms with van der Waals surface area (Å²) in [5.41, 5.74) is 1.09. The highest BCUT2D eigenvalue weighted by Crippen LogP contribution is 2.25. The van der Waals surface area contributed by atoms with Gasteiger partial charge in [0.25, 0.3) is 0 Å². The molecule has 2 heterocycles. The van der Waals surface area contributed by atoms with Crippen LogP contribution in [0.1, 0.15) is 18.6 Å². The lowest BCUT2D eigenvalue weighted by Crippen LogP contribution is -2.49. The summed E-state index contributed by atoms with van der Waals surface area (Å²) in [5.74, 6) is 1.69. The molecule has 1 saturated heterocycles. The Labute approximate surface area is 191 Å². The highest BCUT2D eigenvalue weighted by molar-refractivity contribution is 14.0. The number of guanidine groups is 1. The van der Waals surface area contributed by atoms with Crippen LogP contribution < -0.4 is 10.1 Å². The summed E-state index contributed by atoms with van der Waals surface area (Å²) in [6.07, 6.45) is 3.85. The Morgan fingerprint density at radius 3 is 2.93 bits per heavy atom. The van der Waals surface area contributed by atoms with Gasteiger partial charge in [0, 0.05) is 32.4 Å². The number of morpholine rings is 1. The topological polar surface area (TPSA) is 63.9 Å². The van der Waals surface area contributed by atoms with Crippen molar-refractivity contribution < 1.29 is 9.47 Å². The van der Waals surface area contributed by atoms with Crippen molar-refractivity contribution in [1.82, 2.24) is 20.0 Å². The summed E-state index contributed by atoms with van der Waals surface area (Å²) in [7, 11) is 3.72. The fourth-order valence-corrected chi connectivity index (χ4v) is 3.39. The molecule has 7 nitrogen and oxygen atoms in total. The molecule has 2 unspecified atom stereocenters. The fourth-order valence-electron chi connectivity index (χ4n) is 3.02. The number of para-hydroxylation sites is 1. The zero-order chi connectivity index (χ0) is 19.2. The second-order valence-corrected chi connectivity index (χ2v) is 7.39. The van der Waals surface area contributed by atoms with Crippen LogP contribution in [0.5, 0.6) is 5.75 Å². The largest absolute Gasteiger partial charge is 0.488 e. The molecule has 0 spiro atoms. The molecule has 28 heavy (non-hydrogen) atoms. The highest BCUT2D eigenvalue weighted by Gasteiger charge is 2.25. The van der Waals surface area contributed by atoms with E-state index in [1.54, 1.807) is 11.7 Å². The van der Waals surface area contributed by atoms with Gasteiger partial charge in [-0.25, -0.2) is 0 Å². The number of nitrogens with zero attached hydrogens (tertiary/aromatic N) is 4. The number of aromatic nitrogens is 2. The van der Waals surface area contributed by atoms with Crippen LogP contribution in [0.25, 0.3) is 0 Å². The monoisotopic (exact) mass is 563 g/mol. The summed E-state index contributed by atoms with van der Waals surface area (Å²) >= 11 is 3.51. The van der Waals surface area contributed by atoms with Crippen molar-refractivity contribution in [2.75, 3.05) is 33.3 Å². The molecule has 9 heteroatoms. The Bertz CT molecular complexity index is 785. The lowest BCUT2D eigenvalue weighted by atomic mass is 10.1.